The van der Waals surface area contributed by atoms with Crippen molar-refractivity contribution in [2.45, 2.75) is 37.6 Å². The second-order valence-electron chi connectivity index (χ2n) is 9.18. The number of oxime groups is 1. The van der Waals surface area contributed by atoms with E-state index in [4.69, 9.17) is 44.4 Å². The molecule has 1 fully saturated rings. The Morgan fingerprint density at radius 1 is 1.20 bits per heavy atom. The molecular formula is C23H19Cl3F3N3O3. The van der Waals surface area contributed by atoms with Gasteiger partial charge in [-0.05, 0) is 18.2 Å². The largest absolute Gasteiger partial charge is 0.486 e. The number of rotatable bonds is 3. The van der Waals surface area contributed by atoms with Crippen molar-refractivity contribution >= 4 is 46.4 Å². The zero-order valence-corrected chi connectivity index (χ0v) is 20.7. The van der Waals surface area contributed by atoms with Gasteiger partial charge in [-0.25, -0.2) is 0 Å². The van der Waals surface area contributed by atoms with Crippen LogP contribution < -0.4 is 5.32 Å². The molecule has 12 heteroatoms. The number of alkyl halides is 3. The maximum atomic E-state index is 14.3. The maximum absolute atomic E-state index is 14.3. The molecule has 4 heterocycles. The van der Waals surface area contributed by atoms with Gasteiger partial charge < -0.3 is 19.8 Å². The average Bonchev–Trinajstić information content (AvgIpc) is 3.38. The number of amides is 1. The first kappa shape index (κ1) is 24.3. The Morgan fingerprint density at radius 3 is 2.46 bits per heavy atom. The van der Waals surface area contributed by atoms with E-state index in [0.717, 1.165) is 17.7 Å². The molecule has 0 aliphatic carbocycles. The summed E-state index contributed by atoms with van der Waals surface area (Å²) in [6, 6.07) is 2.17. The molecular weight excluding hydrogens is 530 g/mol. The van der Waals surface area contributed by atoms with Gasteiger partial charge in [-0.1, -0.05) is 53.8 Å². The number of benzene rings is 1. The number of nitrogens with one attached hydrogen (secondary N) is 1. The minimum Gasteiger partial charge on any atom is -0.486 e. The number of ether oxygens (including phenoxy) is 1. The quantitative estimate of drug-likeness (QED) is 0.492. The molecule has 6 nitrogen and oxygen atoms in total. The molecule has 1 atom stereocenters. The maximum Gasteiger partial charge on any atom is 0.435 e. The van der Waals surface area contributed by atoms with Crippen LogP contribution in [0.25, 0.3) is 0 Å². The van der Waals surface area contributed by atoms with E-state index in [1.165, 1.54) is 0 Å². The SMILES string of the molecule is CC(C)C(=O)N1CC2(C1)OC=C1C=C(C3=NOC(c4cc(Cl)c(Cl)c(Cl)c4)(C(F)(F)F)C3)NC=C12. The van der Waals surface area contributed by atoms with E-state index in [2.05, 4.69) is 10.5 Å². The van der Waals surface area contributed by atoms with Crippen molar-refractivity contribution in [2.24, 2.45) is 11.1 Å². The number of halogens is 6. The third-order valence-electron chi connectivity index (χ3n) is 6.53. The lowest BCUT2D eigenvalue weighted by Crippen LogP contribution is -2.65. The van der Waals surface area contributed by atoms with Crippen LogP contribution in [-0.4, -0.2) is 41.4 Å². The summed E-state index contributed by atoms with van der Waals surface area (Å²) in [4.78, 5) is 19.0. The van der Waals surface area contributed by atoms with E-state index in [1.807, 2.05) is 13.8 Å². The lowest BCUT2D eigenvalue weighted by atomic mass is 9.81. The van der Waals surface area contributed by atoms with E-state index < -0.39 is 23.8 Å². The van der Waals surface area contributed by atoms with Gasteiger partial charge >= 0.3 is 6.18 Å². The Hall–Kier alpha value is -2.36. The molecule has 1 spiro atoms. The number of carbonyl (C=O) groups excluding carboxylic acids is 1. The third kappa shape index (κ3) is 3.70. The fourth-order valence-corrected chi connectivity index (χ4v) is 5.18. The number of allylic oxidation sites excluding steroid dienone is 2. The van der Waals surface area contributed by atoms with Crippen molar-refractivity contribution in [1.82, 2.24) is 10.2 Å². The molecule has 1 aromatic rings. The van der Waals surface area contributed by atoms with Gasteiger partial charge in [-0.3, -0.25) is 4.79 Å². The monoisotopic (exact) mass is 547 g/mol. The third-order valence-corrected chi connectivity index (χ3v) is 7.73. The smallest absolute Gasteiger partial charge is 0.435 e. The van der Waals surface area contributed by atoms with E-state index in [1.54, 1.807) is 23.4 Å². The topological polar surface area (TPSA) is 63.2 Å². The van der Waals surface area contributed by atoms with Crippen molar-refractivity contribution in [3.05, 3.63) is 68.1 Å². The van der Waals surface area contributed by atoms with Gasteiger partial charge in [0.15, 0.2) is 5.60 Å². The van der Waals surface area contributed by atoms with Crippen molar-refractivity contribution < 1.29 is 27.5 Å². The van der Waals surface area contributed by atoms with Crippen LogP contribution in [0.1, 0.15) is 25.8 Å². The zero-order valence-electron chi connectivity index (χ0n) is 18.5. The lowest BCUT2D eigenvalue weighted by Gasteiger charge is -2.48. The van der Waals surface area contributed by atoms with Gasteiger partial charge in [0.25, 0.3) is 5.60 Å². The summed E-state index contributed by atoms with van der Waals surface area (Å²) in [7, 11) is 0. The number of dihydropyridines is 1. The molecule has 0 radical (unpaired) electrons. The molecule has 1 unspecified atom stereocenters. The van der Waals surface area contributed by atoms with Gasteiger partial charge in [0.05, 0.1) is 46.5 Å². The normalized spacial score (nSPS) is 24.5. The van der Waals surface area contributed by atoms with Gasteiger partial charge in [-0.2, -0.15) is 13.2 Å². The first-order chi connectivity index (χ1) is 16.4. The summed E-state index contributed by atoms with van der Waals surface area (Å²) in [5.74, 6) is -0.0811. The molecule has 1 N–H and O–H groups in total. The molecule has 4 aliphatic heterocycles. The van der Waals surface area contributed by atoms with E-state index >= 15 is 0 Å². The lowest BCUT2D eigenvalue weighted by molar-refractivity contribution is -0.275. The van der Waals surface area contributed by atoms with Crippen molar-refractivity contribution in [3.63, 3.8) is 0 Å². The zero-order chi connectivity index (χ0) is 25.3. The molecule has 0 saturated carbocycles. The van der Waals surface area contributed by atoms with Gasteiger partial charge in [0, 0.05) is 28.8 Å². The Morgan fingerprint density at radius 2 is 1.86 bits per heavy atom. The molecule has 4 aliphatic rings. The second-order valence-corrected chi connectivity index (χ2v) is 10.4. The highest BCUT2D eigenvalue weighted by Crippen LogP contribution is 2.51. The summed E-state index contributed by atoms with van der Waals surface area (Å²) in [5.41, 5.74) is -1.82. The fraction of sp³-hybridized carbons (Fsp3) is 0.391. The van der Waals surface area contributed by atoms with Crippen LogP contribution in [0.4, 0.5) is 13.2 Å². The van der Waals surface area contributed by atoms with Crippen LogP contribution in [-0.2, 0) is 20.0 Å². The van der Waals surface area contributed by atoms with Crippen molar-refractivity contribution in [1.29, 1.82) is 0 Å². The van der Waals surface area contributed by atoms with Gasteiger partial charge in [-0.15, -0.1) is 0 Å². The first-order valence-corrected chi connectivity index (χ1v) is 11.8. The predicted molar refractivity (Wildman–Crippen MR) is 125 cm³/mol. The van der Waals surface area contributed by atoms with Gasteiger partial charge in [0.2, 0.25) is 5.91 Å². The summed E-state index contributed by atoms with van der Waals surface area (Å²) in [5, 5.41) is 6.50. The highest BCUT2D eigenvalue weighted by Gasteiger charge is 2.63. The van der Waals surface area contributed by atoms with E-state index in [0.29, 0.717) is 24.4 Å². The first-order valence-electron chi connectivity index (χ1n) is 10.7. The molecule has 1 aromatic carbocycles. The van der Waals surface area contributed by atoms with Crippen LogP contribution in [0, 0.1) is 5.92 Å². The summed E-state index contributed by atoms with van der Waals surface area (Å²) in [6.07, 6.45) is -0.545. The second kappa shape index (κ2) is 8.08. The predicted octanol–water partition coefficient (Wildman–Crippen LogP) is 5.70. The number of carbonyl (C=O) groups is 1. The van der Waals surface area contributed by atoms with Crippen LogP contribution in [0.15, 0.2) is 52.7 Å². The van der Waals surface area contributed by atoms with E-state index in [9.17, 15) is 18.0 Å². The van der Waals surface area contributed by atoms with Crippen LogP contribution >= 0.6 is 34.8 Å². The summed E-state index contributed by atoms with van der Waals surface area (Å²) < 4.78 is 48.8. The molecule has 1 amide bonds. The highest BCUT2D eigenvalue weighted by molar-refractivity contribution is 6.48. The molecule has 0 bridgehead atoms. The number of hydrogen-bond donors (Lipinski definition) is 1. The number of fused-ring (bicyclic) bond motifs is 2. The fourth-order valence-electron chi connectivity index (χ4n) is 4.58. The molecule has 1 saturated heterocycles. The molecule has 5 rings (SSSR count). The van der Waals surface area contributed by atoms with Crippen molar-refractivity contribution in [2.75, 3.05) is 13.1 Å². The average molecular weight is 549 g/mol. The van der Waals surface area contributed by atoms with Crippen LogP contribution in [0.3, 0.4) is 0 Å². The van der Waals surface area contributed by atoms with Crippen molar-refractivity contribution in [3.8, 4) is 0 Å². The molecule has 35 heavy (non-hydrogen) atoms. The van der Waals surface area contributed by atoms with Crippen LogP contribution in [0.5, 0.6) is 0 Å². The molecule has 186 valence electrons. The Bertz CT molecular complexity index is 1230. The number of likely N-dealkylation sites (tertiary alicyclic amines) is 1. The highest BCUT2D eigenvalue weighted by atomic mass is 35.5. The summed E-state index contributed by atoms with van der Waals surface area (Å²) in [6.45, 7) is 4.47. The van der Waals surface area contributed by atoms with E-state index in [-0.39, 0.29) is 38.2 Å². The Kier molecular flexibility index (Phi) is 5.62. The standard InChI is InChI=1S/C23H19Cl3F3N3O3/c1-11(2)20(33)32-9-21(10-32)14-7-30-17(3-12(14)8-34-21)18-6-22(35-31-18,23(27,28)29)13-4-15(24)19(26)16(25)5-13/h3-5,7-8,11,30H,6,9-10H2,1-2H3. The minimum absolute atomic E-state index is 0.0385. The Labute approximate surface area is 213 Å². The number of nitrogens with zero attached hydrogens (tertiary/aromatic N) is 2. The number of hydrogen-bond acceptors (Lipinski definition) is 5. The van der Waals surface area contributed by atoms with Crippen LogP contribution in [0.2, 0.25) is 15.1 Å². The summed E-state index contributed by atoms with van der Waals surface area (Å²) >= 11 is 17.9. The minimum atomic E-state index is -4.83. The van der Waals surface area contributed by atoms with Gasteiger partial charge in [0.1, 0.15) is 5.71 Å². The Balaban J connectivity index is 1.37. The molecule has 0 aromatic heterocycles.